The van der Waals surface area contributed by atoms with E-state index in [1.54, 1.807) is 19.1 Å². The van der Waals surface area contributed by atoms with Crippen molar-refractivity contribution in [3.63, 3.8) is 0 Å². The van der Waals surface area contributed by atoms with Crippen molar-refractivity contribution in [2.24, 2.45) is 0 Å². The van der Waals surface area contributed by atoms with Gasteiger partial charge in [0.05, 0.1) is 13.7 Å². The first-order chi connectivity index (χ1) is 7.83. The van der Waals surface area contributed by atoms with Gasteiger partial charge in [0.15, 0.2) is 0 Å². The van der Waals surface area contributed by atoms with E-state index in [2.05, 4.69) is 5.32 Å². The van der Waals surface area contributed by atoms with Gasteiger partial charge in [0, 0.05) is 17.1 Å². The van der Waals surface area contributed by atoms with Gasteiger partial charge >= 0.3 is 6.18 Å². The summed E-state index contributed by atoms with van der Waals surface area (Å²) in [5, 5.41) is 2.79. The molecule has 0 saturated carbocycles. The zero-order valence-electron chi connectivity index (χ0n) is 9.49. The van der Waals surface area contributed by atoms with Crippen molar-refractivity contribution in [2.75, 3.05) is 13.7 Å². The Kier molecular flexibility index (Phi) is 4.65. The van der Waals surface area contributed by atoms with Crippen LogP contribution in [0.4, 0.5) is 13.2 Å². The average Bonchev–Trinajstić information content (AvgIpc) is 2.14. The van der Waals surface area contributed by atoms with Gasteiger partial charge in [-0.05, 0) is 24.6 Å². The summed E-state index contributed by atoms with van der Waals surface area (Å²) in [7, 11) is 1.48. The Morgan fingerprint density at radius 3 is 2.53 bits per heavy atom. The van der Waals surface area contributed by atoms with Gasteiger partial charge in [0.1, 0.15) is 5.75 Å². The maximum atomic E-state index is 12.0. The third-order valence-corrected chi connectivity index (χ3v) is 2.38. The van der Waals surface area contributed by atoms with E-state index in [9.17, 15) is 13.2 Å². The Labute approximate surface area is 103 Å². The molecule has 0 unspecified atom stereocenters. The predicted molar refractivity (Wildman–Crippen MR) is 60.5 cm³/mol. The summed E-state index contributed by atoms with van der Waals surface area (Å²) in [5.41, 5.74) is 1.41. The molecule has 96 valence electrons. The summed E-state index contributed by atoms with van der Waals surface area (Å²) < 4.78 is 41.1. The lowest BCUT2D eigenvalue weighted by atomic mass is 10.1. The van der Waals surface area contributed by atoms with E-state index in [-0.39, 0.29) is 6.54 Å². The second-order valence-corrected chi connectivity index (χ2v) is 4.07. The van der Waals surface area contributed by atoms with Crippen LogP contribution in [-0.2, 0) is 6.54 Å². The molecule has 0 saturated heterocycles. The van der Waals surface area contributed by atoms with E-state index in [1.807, 2.05) is 0 Å². The Balaban J connectivity index is 2.76. The summed E-state index contributed by atoms with van der Waals surface area (Å²) in [5.74, 6) is 0.559. The maximum absolute atomic E-state index is 12.0. The van der Waals surface area contributed by atoms with Gasteiger partial charge < -0.3 is 10.1 Å². The van der Waals surface area contributed by atoms with Crippen molar-refractivity contribution in [3.05, 3.63) is 28.3 Å². The number of benzene rings is 1. The number of ether oxygens (including phenoxy) is 1. The quantitative estimate of drug-likeness (QED) is 0.904. The van der Waals surface area contributed by atoms with Gasteiger partial charge in [-0.15, -0.1) is 0 Å². The molecule has 0 radical (unpaired) electrons. The SMILES string of the molecule is COc1c(C)cc(Cl)cc1CNCC(F)(F)F. The lowest BCUT2D eigenvalue weighted by molar-refractivity contribution is -0.125. The first-order valence-corrected chi connectivity index (χ1v) is 5.32. The first-order valence-electron chi connectivity index (χ1n) is 4.94. The standard InChI is InChI=1S/C11H13ClF3NO/c1-7-3-9(12)4-8(10(7)17-2)5-16-6-11(13,14)15/h3-4,16H,5-6H2,1-2H3. The minimum Gasteiger partial charge on any atom is -0.496 e. The van der Waals surface area contributed by atoms with Crippen LogP contribution in [0.25, 0.3) is 0 Å². The molecule has 0 fully saturated rings. The van der Waals surface area contributed by atoms with Crippen LogP contribution in [0.3, 0.4) is 0 Å². The molecule has 0 heterocycles. The molecule has 0 amide bonds. The summed E-state index contributed by atoms with van der Waals surface area (Å²) in [6.45, 7) is 0.809. The molecular weight excluding hydrogens is 255 g/mol. The Hall–Kier alpha value is -0.940. The topological polar surface area (TPSA) is 21.3 Å². The zero-order valence-corrected chi connectivity index (χ0v) is 10.2. The largest absolute Gasteiger partial charge is 0.496 e. The van der Waals surface area contributed by atoms with Crippen LogP contribution in [0.15, 0.2) is 12.1 Å². The number of aryl methyl sites for hydroxylation is 1. The highest BCUT2D eigenvalue weighted by Gasteiger charge is 2.26. The number of hydrogen-bond acceptors (Lipinski definition) is 2. The lowest BCUT2D eigenvalue weighted by Crippen LogP contribution is -2.28. The number of nitrogens with one attached hydrogen (secondary N) is 1. The Bertz CT molecular complexity index is 393. The van der Waals surface area contributed by atoms with E-state index >= 15 is 0 Å². The van der Waals surface area contributed by atoms with Crippen LogP contribution in [0.5, 0.6) is 5.75 Å². The molecule has 6 heteroatoms. The van der Waals surface area contributed by atoms with Crippen LogP contribution in [0, 0.1) is 6.92 Å². The van der Waals surface area contributed by atoms with Crippen molar-refractivity contribution in [1.82, 2.24) is 5.32 Å². The number of hydrogen-bond donors (Lipinski definition) is 1. The fourth-order valence-corrected chi connectivity index (χ4v) is 1.86. The van der Waals surface area contributed by atoms with Crippen LogP contribution in [0.1, 0.15) is 11.1 Å². The molecule has 17 heavy (non-hydrogen) atoms. The minimum absolute atomic E-state index is 0.0596. The molecule has 0 atom stereocenters. The molecule has 0 bridgehead atoms. The molecule has 0 aliphatic carbocycles. The van der Waals surface area contributed by atoms with Gasteiger partial charge in [0.2, 0.25) is 0 Å². The smallest absolute Gasteiger partial charge is 0.401 e. The van der Waals surface area contributed by atoms with Gasteiger partial charge in [-0.2, -0.15) is 13.2 Å². The third kappa shape index (κ3) is 4.44. The molecule has 1 N–H and O–H groups in total. The number of halogens is 4. The van der Waals surface area contributed by atoms with E-state index in [0.29, 0.717) is 16.3 Å². The zero-order chi connectivity index (χ0) is 13.1. The molecule has 1 aromatic carbocycles. The highest BCUT2D eigenvalue weighted by atomic mass is 35.5. The van der Waals surface area contributed by atoms with Gasteiger partial charge in [-0.25, -0.2) is 0 Å². The van der Waals surface area contributed by atoms with Crippen LogP contribution in [0.2, 0.25) is 5.02 Å². The normalized spacial score (nSPS) is 11.6. The molecule has 1 aromatic rings. The van der Waals surface area contributed by atoms with Crippen molar-refractivity contribution in [3.8, 4) is 5.75 Å². The van der Waals surface area contributed by atoms with Crippen molar-refractivity contribution in [1.29, 1.82) is 0 Å². The van der Waals surface area contributed by atoms with Crippen LogP contribution < -0.4 is 10.1 Å². The second-order valence-electron chi connectivity index (χ2n) is 3.63. The van der Waals surface area contributed by atoms with Crippen molar-refractivity contribution in [2.45, 2.75) is 19.6 Å². The number of rotatable bonds is 4. The minimum atomic E-state index is -4.22. The molecular formula is C11H13ClF3NO. The molecule has 0 spiro atoms. The first kappa shape index (κ1) is 14.1. The number of methoxy groups -OCH3 is 1. The van der Waals surface area contributed by atoms with E-state index in [0.717, 1.165) is 5.56 Å². The highest BCUT2D eigenvalue weighted by Crippen LogP contribution is 2.27. The molecule has 2 nitrogen and oxygen atoms in total. The lowest BCUT2D eigenvalue weighted by Gasteiger charge is -2.13. The summed E-state index contributed by atoms with van der Waals surface area (Å²) in [6, 6.07) is 3.30. The predicted octanol–water partition coefficient (Wildman–Crippen LogP) is 3.31. The maximum Gasteiger partial charge on any atom is 0.401 e. The molecule has 0 aliphatic heterocycles. The van der Waals surface area contributed by atoms with Gasteiger partial charge in [0.25, 0.3) is 0 Å². The van der Waals surface area contributed by atoms with E-state index in [4.69, 9.17) is 16.3 Å². The summed E-state index contributed by atoms with van der Waals surface area (Å²) >= 11 is 5.84. The van der Waals surface area contributed by atoms with Crippen LogP contribution in [-0.4, -0.2) is 19.8 Å². The molecule has 0 aromatic heterocycles. The van der Waals surface area contributed by atoms with E-state index < -0.39 is 12.7 Å². The van der Waals surface area contributed by atoms with Crippen molar-refractivity contribution >= 4 is 11.6 Å². The fraction of sp³-hybridized carbons (Fsp3) is 0.455. The second kappa shape index (κ2) is 5.60. The van der Waals surface area contributed by atoms with Crippen molar-refractivity contribution < 1.29 is 17.9 Å². The third-order valence-electron chi connectivity index (χ3n) is 2.16. The van der Waals surface area contributed by atoms with E-state index in [1.165, 1.54) is 7.11 Å². The molecule has 0 aliphatic rings. The Morgan fingerprint density at radius 1 is 1.35 bits per heavy atom. The fourth-order valence-electron chi connectivity index (χ4n) is 1.56. The Morgan fingerprint density at radius 2 is 2.00 bits per heavy atom. The average molecular weight is 268 g/mol. The summed E-state index contributed by atoms with van der Waals surface area (Å²) in [4.78, 5) is 0. The monoisotopic (exact) mass is 267 g/mol. The summed E-state index contributed by atoms with van der Waals surface area (Å²) in [6.07, 6.45) is -4.22. The van der Waals surface area contributed by atoms with Crippen LogP contribution >= 0.6 is 11.6 Å². The van der Waals surface area contributed by atoms with Gasteiger partial charge in [-0.1, -0.05) is 11.6 Å². The molecule has 1 rings (SSSR count). The highest BCUT2D eigenvalue weighted by molar-refractivity contribution is 6.30. The van der Waals surface area contributed by atoms with Gasteiger partial charge in [-0.3, -0.25) is 0 Å². The number of alkyl halides is 3.